The van der Waals surface area contributed by atoms with Crippen LogP contribution >= 0.6 is 0 Å². The van der Waals surface area contributed by atoms with Gasteiger partial charge in [-0.2, -0.15) is 0 Å². The van der Waals surface area contributed by atoms with E-state index in [-0.39, 0.29) is 10.8 Å². The van der Waals surface area contributed by atoms with Crippen LogP contribution in [0.15, 0.2) is 200 Å². The number of rotatable bonds is 5. The Bertz CT molecular complexity index is 3890. The van der Waals surface area contributed by atoms with Crippen LogP contribution in [0.5, 0.6) is 0 Å². The summed E-state index contributed by atoms with van der Waals surface area (Å²) in [4.78, 5) is 16.1. The Labute approximate surface area is 394 Å². The molecular weight excluding hydrogens is 827 g/mol. The van der Waals surface area contributed by atoms with Gasteiger partial charge in [0.25, 0.3) is 0 Å². The minimum atomic E-state index is -0.148. The van der Waals surface area contributed by atoms with E-state index in [1.165, 1.54) is 88.4 Å². The van der Waals surface area contributed by atoms with Crippen LogP contribution in [-0.4, -0.2) is 24.1 Å². The molecule has 2 aliphatic heterocycles. The number of hydrogen-bond donors (Lipinski definition) is 0. The van der Waals surface area contributed by atoms with Crippen LogP contribution in [0.4, 0.5) is 0 Å². The van der Waals surface area contributed by atoms with Gasteiger partial charge in [0.2, 0.25) is 0 Å². The van der Waals surface area contributed by atoms with Crippen LogP contribution in [0, 0.1) is 0 Å². The van der Waals surface area contributed by atoms with E-state index in [0.29, 0.717) is 17.5 Å². The molecule has 0 aliphatic carbocycles. The van der Waals surface area contributed by atoms with Gasteiger partial charge in [0.1, 0.15) is 0 Å². The maximum absolute atomic E-state index is 5.39. The molecule has 0 radical (unpaired) electrons. The Morgan fingerprint density at radius 3 is 1.16 bits per heavy atom. The lowest BCUT2D eigenvalue weighted by Gasteiger charge is -2.34. The smallest absolute Gasteiger partial charge is 0.164 e. The van der Waals surface area contributed by atoms with E-state index in [4.69, 9.17) is 15.0 Å². The van der Waals surface area contributed by atoms with Gasteiger partial charge in [-0.1, -0.05) is 167 Å². The van der Waals surface area contributed by atoms with Crippen LogP contribution in [0.25, 0.3) is 111 Å². The minimum absolute atomic E-state index is 0.148. The van der Waals surface area contributed by atoms with Gasteiger partial charge >= 0.3 is 0 Å². The third-order valence-electron chi connectivity index (χ3n) is 15.1. The van der Waals surface area contributed by atoms with Gasteiger partial charge in [-0.25, -0.2) is 15.0 Å². The van der Waals surface area contributed by atoms with Crippen molar-refractivity contribution in [1.82, 2.24) is 24.1 Å². The van der Waals surface area contributed by atoms with E-state index in [1.807, 2.05) is 0 Å². The van der Waals surface area contributed by atoms with Crippen molar-refractivity contribution >= 4 is 43.6 Å². The topological polar surface area (TPSA) is 48.5 Å². The molecule has 0 amide bonds. The first-order valence-corrected chi connectivity index (χ1v) is 23.6. The lowest BCUT2D eigenvalue weighted by atomic mass is 9.75. The van der Waals surface area contributed by atoms with Gasteiger partial charge in [0, 0.05) is 49.1 Å². The molecule has 0 spiro atoms. The molecule has 0 atom stereocenters. The van der Waals surface area contributed by atoms with Crippen LogP contribution in [0.3, 0.4) is 0 Å². The third-order valence-corrected chi connectivity index (χ3v) is 15.1. The largest absolute Gasteiger partial charge is 0.309 e. The summed E-state index contributed by atoms with van der Waals surface area (Å²) in [5.74, 6) is 1.90. The van der Waals surface area contributed by atoms with Crippen LogP contribution in [0.1, 0.15) is 49.9 Å². The highest BCUT2D eigenvalue weighted by molar-refractivity contribution is 6.14. The van der Waals surface area contributed by atoms with Crippen molar-refractivity contribution in [3.05, 3.63) is 222 Å². The van der Waals surface area contributed by atoms with Crippen molar-refractivity contribution < 1.29 is 0 Å². The molecule has 5 heterocycles. The van der Waals surface area contributed by atoms with Gasteiger partial charge in [0.15, 0.2) is 17.5 Å². The second-order valence-corrected chi connectivity index (χ2v) is 19.7. The Morgan fingerprint density at radius 2 is 0.662 bits per heavy atom. The summed E-state index contributed by atoms with van der Waals surface area (Å²) >= 11 is 0. The number of fused-ring (bicyclic) bond motifs is 10. The highest BCUT2D eigenvalue weighted by atomic mass is 15.0. The quantitative estimate of drug-likeness (QED) is 0.173. The van der Waals surface area contributed by atoms with E-state index in [9.17, 15) is 0 Å². The van der Waals surface area contributed by atoms with Crippen molar-refractivity contribution in [3.8, 4) is 67.8 Å². The molecule has 3 aromatic heterocycles. The molecule has 0 fully saturated rings. The normalized spacial score (nSPS) is 14.1. The van der Waals surface area contributed by atoms with E-state index in [0.717, 1.165) is 27.8 Å². The SMILES string of the molecule is CC1(C)c2ccccc2-n2c3ccc(-c4nc(-c5cccc(-c6cccc(-c7ccccc7)c6)c5)nc(-c5ccc6c(c5)c5cccc7c5n6-c5ccccc5C7(C)C)n4)cc3c3cccc1c32. The Morgan fingerprint density at radius 1 is 0.294 bits per heavy atom. The molecule has 12 aromatic rings. The zero-order valence-electron chi connectivity index (χ0n) is 38.3. The number of aromatic nitrogens is 5. The fraction of sp³-hybridized carbons (Fsp3) is 0.0952. The van der Waals surface area contributed by atoms with E-state index in [2.05, 4.69) is 237 Å². The third kappa shape index (κ3) is 5.47. The van der Waals surface area contributed by atoms with Crippen LogP contribution in [-0.2, 0) is 10.8 Å². The number of nitrogens with zero attached hydrogens (tertiary/aromatic N) is 5. The predicted molar refractivity (Wildman–Crippen MR) is 280 cm³/mol. The molecule has 2 aliphatic rings. The molecule has 9 aromatic carbocycles. The van der Waals surface area contributed by atoms with Gasteiger partial charge in [-0.3, -0.25) is 0 Å². The lowest BCUT2D eigenvalue weighted by molar-refractivity contribution is 0.630. The first-order chi connectivity index (χ1) is 33.2. The summed E-state index contributed by atoms with van der Waals surface area (Å²) < 4.78 is 4.92. The molecule has 5 nitrogen and oxygen atoms in total. The maximum atomic E-state index is 5.39. The monoisotopic (exact) mass is 871 g/mol. The molecular formula is C63H45N5. The van der Waals surface area contributed by atoms with Crippen molar-refractivity contribution in [2.24, 2.45) is 0 Å². The summed E-state index contributed by atoms with van der Waals surface area (Å²) in [7, 11) is 0. The summed E-state index contributed by atoms with van der Waals surface area (Å²) in [6.45, 7) is 9.38. The van der Waals surface area contributed by atoms with Crippen LogP contribution in [0.2, 0.25) is 0 Å². The van der Waals surface area contributed by atoms with E-state index >= 15 is 0 Å². The summed E-state index contributed by atoms with van der Waals surface area (Å²) in [5.41, 5.74) is 19.8. The van der Waals surface area contributed by atoms with Crippen LogP contribution < -0.4 is 0 Å². The molecule has 5 heteroatoms. The fourth-order valence-electron chi connectivity index (χ4n) is 11.7. The molecule has 14 rings (SSSR count). The number of para-hydroxylation sites is 4. The summed E-state index contributed by atoms with van der Waals surface area (Å²) in [6.07, 6.45) is 0. The van der Waals surface area contributed by atoms with Crippen molar-refractivity contribution in [2.45, 2.75) is 38.5 Å². The Kier molecular flexibility index (Phi) is 8.02. The van der Waals surface area contributed by atoms with Crippen molar-refractivity contribution in [1.29, 1.82) is 0 Å². The average Bonchev–Trinajstić information content (AvgIpc) is 3.90. The van der Waals surface area contributed by atoms with Gasteiger partial charge in [-0.15, -0.1) is 0 Å². The highest BCUT2D eigenvalue weighted by Crippen LogP contribution is 2.50. The first kappa shape index (κ1) is 38.8. The second kappa shape index (κ2) is 14.1. The zero-order valence-corrected chi connectivity index (χ0v) is 38.3. The average molecular weight is 872 g/mol. The van der Waals surface area contributed by atoms with Gasteiger partial charge < -0.3 is 9.13 Å². The first-order valence-electron chi connectivity index (χ1n) is 23.6. The van der Waals surface area contributed by atoms with E-state index < -0.39 is 0 Å². The Balaban J connectivity index is 0.977. The second-order valence-electron chi connectivity index (χ2n) is 19.7. The molecule has 0 bridgehead atoms. The molecule has 322 valence electrons. The number of hydrogen-bond acceptors (Lipinski definition) is 3. The summed E-state index contributed by atoms with van der Waals surface area (Å²) in [6, 6.07) is 72.6. The maximum Gasteiger partial charge on any atom is 0.164 e. The summed E-state index contributed by atoms with van der Waals surface area (Å²) in [5, 5.41) is 4.80. The fourth-order valence-corrected chi connectivity index (χ4v) is 11.7. The van der Waals surface area contributed by atoms with Crippen molar-refractivity contribution in [3.63, 3.8) is 0 Å². The minimum Gasteiger partial charge on any atom is -0.309 e. The molecule has 0 saturated heterocycles. The Hall–Kier alpha value is -8.41. The standard InChI is InChI=1S/C63H45N5/c1-62(2)49-24-8-10-28-55(49)67-53-32-30-43(36-47(53)45-22-14-26-51(62)57(45)67)60-64-59(42-21-13-20-41(35-42)40-19-12-18-39(34-40)38-16-6-5-7-17-38)65-61(66-60)44-31-33-54-48(37-44)46-23-15-27-52-58(46)68(54)56-29-11-9-25-50(56)63(52,3)4/h5-37H,1-4H3. The molecule has 0 N–H and O–H groups in total. The van der Waals surface area contributed by atoms with Crippen molar-refractivity contribution in [2.75, 3.05) is 0 Å². The zero-order chi connectivity index (χ0) is 45.5. The predicted octanol–water partition coefficient (Wildman–Crippen LogP) is 15.7. The molecule has 68 heavy (non-hydrogen) atoms. The van der Waals surface area contributed by atoms with Gasteiger partial charge in [-0.05, 0) is 105 Å². The number of benzene rings is 9. The van der Waals surface area contributed by atoms with E-state index in [1.54, 1.807) is 0 Å². The lowest BCUT2D eigenvalue weighted by Crippen LogP contribution is -2.26. The molecule has 0 saturated carbocycles. The highest BCUT2D eigenvalue weighted by Gasteiger charge is 2.36. The molecule has 0 unspecified atom stereocenters. The van der Waals surface area contributed by atoms with Gasteiger partial charge in [0.05, 0.1) is 33.4 Å².